The van der Waals surface area contributed by atoms with E-state index in [4.69, 9.17) is 4.42 Å². The summed E-state index contributed by atoms with van der Waals surface area (Å²) in [6.07, 6.45) is 1.35. The van der Waals surface area contributed by atoms with Crippen LogP contribution < -0.4 is 0 Å². The standard InChI is InChI=1S/C14H7NO2/c16-12-7-15-11-5-9-8-3-1-2-4-13(8)17-14(9)6-10(11)12/h1-7H. The zero-order valence-electron chi connectivity index (χ0n) is 8.81. The lowest BCUT2D eigenvalue weighted by atomic mass is 10.1. The number of Topliss-reactive ketones (excluding diaryl/α,β-unsaturated/α-hetero) is 1. The zero-order chi connectivity index (χ0) is 11.4. The van der Waals surface area contributed by atoms with Crippen LogP contribution >= 0.6 is 0 Å². The van der Waals surface area contributed by atoms with Gasteiger partial charge in [0.05, 0.1) is 17.5 Å². The van der Waals surface area contributed by atoms with Crippen LogP contribution in [-0.4, -0.2) is 12.0 Å². The Morgan fingerprint density at radius 1 is 1.00 bits per heavy atom. The van der Waals surface area contributed by atoms with Crippen LogP contribution in [-0.2, 0) is 0 Å². The minimum atomic E-state index is -0.0534. The molecule has 0 N–H and O–H groups in total. The lowest BCUT2D eigenvalue weighted by Gasteiger charge is -1.95. The summed E-state index contributed by atoms with van der Waals surface area (Å²) in [6, 6.07) is 11.5. The molecule has 17 heavy (non-hydrogen) atoms. The van der Waals surface area contributed by atoms with E-state index in [1.807, 2.05) is 30.3 Å². The molecule has 0 aliphatic carbocycles. The molecular weight excluding hydrogens is 214 g/mol. The number of benzene rings is 2. The first-order chi connectivity index (χ1) is 8.33. The van der Waals surface area contributed by atoms with Gasteiger partial charge >= 0.3 is 0 Å². The number of carbonyl (C=O) groups excluding carboxylic acids is 1. The van der Waals surface area contributed by atoms with Gasteiger partial charge in [0.25, 0.3) is 0 Å². The maximum Gasteiger partial charge on any atom is 0.206 e. The summed E-state index contributed by atoms with van der Waals surface area (Å²) in [5.74, 6) is -0.0534. The third-order valence-electron chi connectivity index (χ3n) is 3.08. The van der Waals surface area contributed by atoms with Crippen molar-refractivity contribution >= 4 is 39.6 Å². The van der Waals surface area contributed by atoms with E-state index in [2.05, 4.69) is 4.99 Å². The van der Waals surface area contributed by atoms with Gasteiger partial charge in [0.15, 0.2) is 0 Å². The van der Waals surface area contributed by atoms with Gasteiger partial charge in [-0.15, -0.1) is 0 Å². The molecule has 2 aromatic carbocycles. The average molecular weight is 221 g/mol. The van der Waals surface area contributed by atoms with Crippen molar-refractivity contribution in [3.8, 4) is 0 Å². The Morgan fingerprint density at radius 3 is 2.82 bits per heavy atom. The van der Waals surface area contributed by atoms with Gasteiger partial charge in [0.1, 0.15) is 11.2 Å². The van der Waals surface area contributed by atoms with E-state index < -0.39 is 0 Å². The molecule has 0 radical (unpaired) electrons. The molecule has 0 saturated carbocycles. The van der Waals surface area contributed by atoms with Gasteiger partial charge in [0.2, 0.25) is 5.78 Å². The molecule has 2 heterocycles. The third-order valence-corrected chi connectivity index (χ3v) is 3.08. The van der Waals surface area contributed by atoms with Crippen molar-refractivity contribution < 1.29 is 9.21 Å². The minimum absolute atomic E-state index is 0.0534. The second kappa shape index (κ2) is 2.83. The molecule has 3 aromatic rings. The highest BCUT2D eigenvalue weighted by atomic mass is 16.3. The van der Waals surface area contributed by atoms with E-state index in [0.717, 1.165) is 27.6 Å². The van der Waals surface area contributed by atoms with Crippen molar-refractivity contribution in [3.05, 3.63) is 42.0 Å². The van der Waals surface area contributed by atoms with Crippen molar-refractivity contribution in [2.24, 2.45) is 4.99 Å². The third kappa shape index (κ3) is 1.05. The molecule has 0 unspecified atom stereocenters. The minimum Gasteiger partial charge on any atom is -0.456 e. The number of carbonyl (C=O) groups is 1. The smallest absolute Gasteiger partial charge is 0.206 e. The molecule has 3 heteroatoms. The maximum atomic E-state index is 11.5. The van der Waals surface area contributed by atoms with Gasteiger partial charge in [-0.3, -0.25) is 9.79 Å². The van der Waals surface area contributed by atoms with Gasteiger partial charge in [-0.05, 0) is 18.2 Å². The van der Waals surface area contributed by atoms with Crippen LogP contribution in [0.15, 0.2) is 45.8 Å². The normalized spacial score (nSPS) is 13.8. The Bertz CT molecular complexity index is 812. The van der Waals surface area contributed by atoms with Gasteiger partial charge in [-0.1, -0.05) is 18.2 Å². The van der Waals surface area contributed by atoms with E-state index in [0.29, 0.717) is 5.56 Å². The van der Waals surface area contributed by atoms with Crippen molar-refractivity contribution in [1.29, 1.82) is 0 Å². The van der Waals surface area contributed by atoms with Crippen LogP contribution in [0.4, 0.5) is 5.69 Å². The first kappa shape index (κ1) is 8.70. The van der Waals surface area contributed by atoms with Crippen LogP contribution in [0.25, 0.3) is 21.9 Å². The highest BCUT2D eigenvalue weighted by molar-refractivity contribution is 6.40. The van der Waals surface area contributed by atoms with Gasteiger partial charge < -0.3 is 4.42 Å². The van der Waals surface area contributed by atoms with E-state index >= 15 is 0 Å². The molecule has 3 nitrogen and oxygen atoms in total. The number of fused-ring (bicyclic) bond motifs is 4. The van der Waals surface area contributed by atoms with Crippen LogP contribution in [0.5, 0.6) is 0 Å². The van der Waals surface area contributed by atoms with Crippen LogP contribution in [0, 0.1) is 0 Å². The average Bonchev–Trinajstić information content (AvgIpc) is 2.88. The molecule has 0 atom stereocenters. The summed E-state index contributed by atoms with van der Waals surface area (Å²) < 4.78 is 5.72. The predicted octanol–water partition coefficient (Wildman–Crippen LogP) is 3.48. The summed E-state index contributed by atoms with van der Waals surface area (Å²) in [5, 5.41) is 2.06. The highest BCUT2D eigenvalue weighted by Crippen LogP contribution is 2.35. The Hall–Kier alpha value is -2.42. The number of nitrogens with zero attached hydrogens (tertiary/aromatic N) is 1. The molecule has 1 aliphatic rings. The Kier molecular flexibility index (Phi) is 1.45. The van der Waals surface area contributed by atoms with E-state index in [9.17, 15) is 4.79 Å². The fourth-order valence-corrected chi connectivity index (χ4v) is 2.26. The summed E-state index contributed by atoms with van der Waals surface area (Å²) >= 11 is 0. The largest absolute Gasteiger partial charge is 0.456 e. The summed E-state index contributed by atoms with van der Waals surface area (Å²) in [6.45, 7) is 0. The molecule has 0 amide bonds. The first-order valence-electron chi connectivity index (χ1n) is 5.36. The van der Waals surface area contributed by atoms with Crippen LogP contribution in [0.1, 0.15) is 10.4 Å². The van der Waals surface area contributed by atoms with E-state index in [1.165, 1.54) is 6.21 Å². The summed E-state index contributed by atoms with van der Waals surface area (Å²) in [7, 11) is 0. The number of rotatable bonds is 0. The molecule has 0 saturated heterocycles. The monoisotopic (exact) mass is 221 g/mol. The quantitative estimate of drug-likeness (QED) is 0.583. The second-order valence-corrected chi connectivity index (χ2v) is 4.09. The van der Waals surface area contributed by atoms with Crippen LogP contribution in [0.3, 0.4) is 0 Å². The molecule has 0 bridgehead atoms. The lowest BCUT2D eigenvalue weighted by Crippen LogP contribution is -1.92. The SMILES string of the molecule is O=C1C=Nc2cc3c(cc21)oc1ccccc13. The van der Waals surface area contributed by atoms with Crippen molar-refractivity contribution in [2.45, 2.75) is 0 Å². The number of aliphatic imine (C=N–C) groups is 1. The Labute approximate surface area is 96.4 Å². The molecule has 1 aromatic heterocycles. The molecule has 1 aliphatic heterocycles. The van der Waals surface area contributed by atoms with Crippen LogP contribution in [0.2, 0.25) is 0 Å². The number of hydrogen-bond acceptors (Lipinski definition) is 3. The fourth-order valence-electron chi connectivity index (χ4n) is 2.26. The summed E-state index contributed by atoms with van der Waals surface area (Å²) in [5.41, 5.74) is 2.93. The van der Waals surface area contributed by atoms with Gasteiger partial charge in [0, 0.05) is 10.8 Å². The van der Waals surface area contributed by atoms with Gasteiger partial charge in [-0.25, -0.2) is 0 Å². The molecular formula is C14H7NO2. The Morgan fingerprint density at radius 2 is 1.88 bits per heavy atom. The lowest BCUT2D eigenvalue weighted by molar-refractivity contribution is 0.107. The zero-order valence-corrected chi connectivity index (χ0v) is 8.81. The van der Waals surface area contributed by atoms with Crippen molar-refractivity contribution in [3.63, 3.8) is 0 Å². The molecule has 80 valence electrons. The molecule has 4 rings (SSSR count). The summed E-state index contributed by atoms with van der Waals surface area (Å²) in [4.78, 5) is 15.6. The van der Waals surface area contributed by atoms with Crippen molar-refractivity contribution in [1.82, 2.24) is 0 Å². The first-order valence-corrected chi connectivity index (χ1v) is 5.36. The molecule has 0 spiro atoms. The number of hydrogen-bond donors (Lipinski definition) is 0. The highest BCUT2D eigenvalue weighted by Gasteiger charge is 2.18. The van der Waals surface area contributed by atoms with Gasteiger partial charge in [-0.2, -0.15) is 0 Å². The number of furan rings is 1. The second-order valence-electron chi connectivity index (χ2n) is 4.09. The number of ketones is 1. The Balaban J connectivity index is 2.21. The maximum absolute atomic E-state index is 11.5. The molecule has 0 fully saturated rings. The predicted molar refractivity (Wildman–Crippen MR) is 66.2 cm³/mol. The number of para-hydroxylation sites is 1. The van der Waals surface area contributed by atoms with E-state index in [1.54, 1.807) is 6.07 Å². The fraction of sp³-hybridized carbons (Fsp3) is 0. The topological polar surface area (TPSA) is 42.6 Å². The van der Waals surface area contributed by atoms with Crippen molar-refractivity contribution in [2.75, 3.05) is 0 Å². The van der Waals surface area contributed by atoms with E-state index in [-0.39, 0.29) is 5.78 Å².